The van der Waals surface area contributed by atoms with Gasteiger partial charge in [-0.15, -0.1) is 0 Å². The monoisotopic (exact) mass is 361 g/mol. The summed E-state index contributed by atoms with van der Waals surface area (Å²) in [5.74, 6) is 1.39. The number of methoxy groups -OCH3 is 1. The van der Waals surface area contributed by atoms with Crippen LogP contribution in [0, 0.1) is 0 Å². The van der Waals surface area contributed by atoms with E-state index in [1.165, 1.54) is 0 Å². The highest BCUT2D eigenvalue weighted by Gasteiger charge is 2.08. The van der Waals surface area contributed by atoms with Crippen molar-refractivity contribution in [1.82, 2.24) is 5.32 Å². The van der Waals surface area contributed by atoms with Gasteiger partial charge in [-0.3, -0.25) is 4.79 Å². The molecule has 0 saturated carbocycles. The molecule has 0 fully saturated rings. The van der Waals surface area contributed by atoms with Gasteiger partial charge in [-0.05, 0) is 29.7 Å². The van der Waals surface area contributed by atoms with E-state index in [0.29, 0.717) is 18.7 Å². The van der Waals surface area contributed by atoms with Gasteiger partial charge in [-0.25, -0.2) is 0 Å². The standard InChI is InChI=1S/C23H23NO3/c1-26-21-13-7-5-11-19(21)15-16-24-23(25)17-27-22-14-8-6-12-20(22)18-9-3-2-4-10-18/h2-14H,15-17H2,1H3,(H,24,25). The molecule has 138 valence electrons. The minimum absolute atomic E-state index is 0.0181. The van der Waals surface area contributed by atoms with E-state index in [4.69, 9.17) is 9.47 Å². The Bertz CT molecular complexity index is 878. The second-order valence-electron chi connectivity index (χ2n) is 6.06. The van der Waals surface area contributed by atoms with Crippen molar-refractivity contribution in [2.24, 2.45) is 0 Å². The topological polar surface area (TPSA) is 47.6 Å². The fourth-order valence-electron chi connectivity index (χ4n) is 2.89. The summed E-state index contributed by atoms with van der Waals surface area (Å²) in [5.41, 5.74) is 3.10. The van der Waals surface area contributed by atoms with Crippen molar-refractivity contribution in [3.8, 4) is 22.6 Å². The van der Waals surface area contributed by atoms with Crippen LogP contribution in [0.4, 0.5) is 0 Å². The molecule has 0 aliphatic rings. The summed E-state index contributed by atoms with van der Waals surface area (Å²) < 4.78 is 11.1. The first kappa shape index (κ1) is 18.5. The Morgan fingerprint density at radius 1 is 0.852 bits per heavy atom. The second-order valence-corrected chi connectivity index (χ2v) is 6.06. The van der Waals surface area contributed by atoms with E-state index in [1.54, 1.807) is 7.11 Å². The lowest BCUT2D eigenvalue weighted by molar-refractivity contribution is -0.123. The maximum atomic E-state index is 12.1. The number of hydrogen-bond acceptors (Lipinski definition) is 3. The highest BCUT2D eigenvalue weighted by Crippen LogP contribution is 2.29. The highest BCUT2D eigenvalue weighted by atomic mass is 16.5. The van der Waals surface area contributed by atoms with E-state index < -0.39 is 0 Å². The minimum Gasteiger partial charge on any atom is -0.496 e. The van der Waals surface area contributed by atoms with Gasteiger partial charge in [0.1, 0.15) is 11.5 Å². The lowest BCUT2D eigenvalue weighted by Gasteiger charge is -2.12. The third-order valence-corrected chi connectivity index (χ3v) is 4.24. The molecule has 3 aromatic carbocycles. The molecule has 0 spiro atoms. The number of hydrogen-bond donors (Lipinski definition) is 1. The molecule has 0 aliphatic carbocycles. The van der Waals surface area contributed by atoms with E-state index in [2.05, 4.69) is 5.32 Å². The Hall–Kier alpha value is -3.27. The van der Waals surface area contributed by atoms with Gasteiger partial charge in [0.15, 0.2) is 6.61 Å². The van der Waals surface area contributed by atoms with E-state index in [1.807, 2.05) is 78.9 Å². The Morgan fingerprint density at radius 3 is 2.30 bits per heavy atom. The van der Waals surface area contributed by atoms with Crippen LogP contribution in [0.3, 0.4) is 0 Å². The fraction of sp³-hybridized carbons (Fsp3) is 0.174. The molecule has 0 radical (unpaired) electrons. The van der Waals surface area contributed by atoms with Crippen molar-refractivity contribution in [1.29, 1.82) is 0 Å². The predicted molar refractivity (Wildman–Crippen MR) is 107 cm³/mol. The van der Waals surface area contributed by atoms with Gasteiger partial charge < -0.3 is 14.8 Å². The van der Waals surface area contributed by atoms with Gasteiger partial charge in [0.05, 0.1) is 7.11 Å². The molecule has 0 heterocycles. The largest absolute Gasteiger partial charge is 0.496 e. The van der Waals surface area contributed by atoms with Gasteiger partial charge >= 0.3 is 0 Å². The van der Waals surface area contributed by atoms with Crippen molar-refractivity contribution < 1.29 is 14.3 Å². The number of ether oxygens (including phenoxy) is 2. The number of rotatable bonds is 8. The van der Waals surface area contributed by atoms with Crippen LogP contribution >= 0.6 is 0 Å². The van der Waals surface area contributed by atoms with Crippen molar-refractivity contribution in [3.05, 3.63) is 84.4 Å². The van der Waals surface area contributed by atoms with Crippen LogP contribution in [-0.4, -0.2) is 26.2 Å². The molecule has 27 heavy (non-hydrogen) atoms. The third kappa shape index (κ3) is 5.11. The number of para-hydroxylation sites is 2. The van der Waals surface area contributed by atoms with Crippen LogP contribution in [0.5, 0.6) is 11.5 Å². The summed E-state index contributed by atoms with van der Waals surface area (Å²) in [6.45, 7) is 0.513. The second kappa shape index (κ2) is 9.43. The normalized spacial score (nSPS) is 10.3. The molecule has 1 N–H and O–H groups in total. The van der Waals surface area contributed by atoms with Crippen LogP contribution in [-0.2, 0) is 11.2 Å². The van der Waals surface area contributed by atoms with E-state index >= 15 is 0 Å². The average Bonchev–Trinajstić information content (AvgIpc) is 2.73. The molecular formula is C23H23NO3. The number of carbonyl (C=O) groups is 1. The molecule has 0 aliphatic heterocycles. The van der Waals surface area contributed by atoms with Crippen LogP contribution in [0.2, 0.25) is 0 Å². The Labute approximate surface area is 159 Å². The number of amides is 1. The molecule has 0 bridgehead atoms. The first-order valence-corrected chi connectivity index (χ1v) is 8.94. The van der Waals surface area contributed by atoms with Gasteiger partial charge in [-0.2, -0.15) is 0 Å². The predicted octanol–water partition coefficient (Wildman–Crippen LogP) is 4.10. The molecule has 0 aromatic heterocycles. The van der Waals surface area contributed by atoms with E-state index in [-0.39, 0.29) is 12.5 Å². The van der Waals surface area contributed by atoms with Crippen LogP contribution in [0.25, 0.3) is 11.1 Å². The van der Waals surface area contributed by atoms with Crippen LogP contribution < -0.4 is 14.8 Å². The molecule has 0 atom stereocenters. The quantitative estimate of drug-likeness (QED) is 0.657. The maximum Gasteiger partial charge on any atom is 0.257 e. The first-order valence-electron chi connectivity index (χ1n) is 8.94. The molecule has 0 saturated heterocycles. The molecular weight excluding hydrogens is 338 g/mol. The van der Waals surface area contributed by atoms with Gasteiger partial charge in [0.25, 0.3) is 5.91 Å². The summed E-state index contributed by atoms with van der Waals surface area (Å²) in [7, 11) is 1.65. The fourth-order valence-corrected chi connectivity index (χ4v) is 2.89. The lowest BCUT2D eigenvalue weighted by atomic mass is 10.1. The van der Waals surface area contributed by atoms with E-state index in [0.717, 1.165) is 22.4 Å². The zero-order chi connectivity index (χ0) is 18.9. The summed E-state index contributed by atoms with van der Waals surface area (Å²) in [5, 5.41) is 2.89. The average molecular weight is 361 g/mol. The zero-order valence-electron chi connectivity index (χ0n) is 15.4. The van der Waals surface area contributed by atoms with Crippen molar-refractivity contribution in [2.45, 2.75) is 6.42 Å². The van der Waals surface area contributed by atoms with Crippen molar-refractivity contribution in [3.63, 3.8) is 0 Å². The number of benzene rings is 3. The smallest absolute Gasteiger partial charge is 0.257 e. The van der Waals surface area contributed by atoms with Crippen LogP contribution in [0.15, 0.2) is 78.9 Å². The highest BCUT2D eigenvalue weighted by molar-refractivity contribution is 5.78. The Morgan fingerprint density at radius 2 is 1.52 bits per heavy atom. The molecule has 3 rings (SSSR count). The minimum atomic E-state index is -0.146. The summed E-state index contributed by atoms with van der Waals surface area (Å²) in [6.07, 6.45) is 0.705. The maximum absolute atomic E-state index is 12.1. The first-order chi connectivity index (χ1) is 13.3. The Balaban J connectivity index is 1.53. The molecule has 4 nitrogen and oxygen atoms in total. The summed E-state index contributed by atoms with van der Waals surface area (Å²) in [6, 6.07) is 25.5. The van der Waals surface area contributed by atoms with Gasteiger partial charge in [0, 0.05) is 12.1 Å². The van der Waals surface area contributed by atoms with Crippen molar-refractivity contribution >= 4 is 5.91 Å². The SMILES string of the molecule is COc1ccccc1CCNC(=O)COc1ccccc1-c1ccccc1. The van der Waals surface area contributed by atoms with Crippen LogP contribution in [0.1, 0.15) is 5.56 Å². The van der Waals surface area contributed by atoms with Gasteiger partial charge in [0.2, 0.25) is 0 Å². The summed E-state index contributed by atoms with van der Waals surface area (Å²) in [4.78, 5) is 12.1. The third-order valence-electron chi connectivity index (χ3n) is 4.24. The zero-order valence-corrected chi connectivity index (χ0v) is 15.4. The molecule has 1 amide bonds. The molecule has 3 aromatic rings. The molecule has 0 unspecified atom stereocenters. The van der Waals surface area contributed by atoms with E-state index in [9.17, 15) is 4.79 Å². The number of nitrogens with one attached hydrogen (secondary N) is 1. The summed E-state index contributed by atoms with van der Waals surface area (Å²) >= 11 is 0. The lowest BCUT2D eigenvalue weighted by Crippen LogP contribution is -2.30. The van der Waals surface area contributed by atoms with Crippen molar-refractivity contribution in [2.75, 3.05) is 20.3 Å². The van der Waals surface area contributed by atoms with Gasteiger partial charge in [-0.1, -0.05) is 66.7 Å². The Kier molecular flexibility index (Phi) is 6.47. The number of carbonyl (C=O) groups excluding carboxylic acids is 1. The molecule has 4 heteroatoms.